The van der Waals surface area contributed by atoms with Gasteiger partial charge in [0, 0.05) is 19.1 Å². The fraction of sp³-hybridized carbons (Fsp3) is 0.857. The van der Waals surface area contributed by atoms with Crippen molar-refractivity contribution >= 4 is 6.41 Å². The number of hydrogen-bond donors (Lipinski definition) is 0. The highest BCUT2D eigenvalue weighted by Gasteiger charge is 2.22. The highest BCUT2D eigenvalue weighted by molar-refractivity contribution is 5.48. The Hall–Kier alpha value is -0.570. The van der Waals surface area contributed by atoms with Crippen LogP contribution in [-0.4, -0.2) is 49.4 Å². The van der Waals surface area contributed by atoms with E-state index in [2.05, 4.69) is 4.90 Å². The molecule has 57 valence electrons. The molecule has 0 saturated carbocycles. The first-order valence-corrected chi connectivity index (χ1v) is 3.53. The lowest BCUT2D eigenvalue weighted by Gasteiger charge is -2.17. The smallest absolute Gasteiger partial charge is 0.312 e. The minimum atomic E-state index is 0.543. The molecule has 3 nitrogen and oxygen atoms in total. The molecule has 10 heavy (non-hydrogen) atoms. The lowest BCUT2D eigenvalue weighted by Crippen LogP contribution is -2.30. The molecule has 3 heteroatoms. The third-order valence-corrected chi connectivity index (χ3v) is 2.02. The van der Waals surface area contributed by atoms with Crippen LogP contribution in [-0.2, 0) is 4.79 Å². The molecule has 1 rings (SSSR count). The van der Waals surface area contributed by atoms with E-state index >= 15 is 0 Å². The van der Waals surface area contributed by atoms with Crippen molar-refractivity contribution in [3.8, 4) is 0 Å². The predicted molar refractivity (Wildman–Crippen MR) is 39.4 cm³/mol. The Kier molecular flexibility index (Phi) is 2.27. The molecule has 0 bridgehead atoms. The van der Waals surface area contributed by atoms with Gasteiger partial charge in [0.25, 0.3) is 0 Å². The second-order valence-corrected chi connectivity index (χ2v) is 2.94. The molecule has 0 N–H and O–H groups in total. The second-order valence-electron chi connectivity index (χ2n) is 2.94. The van der Waals surface area contributed by atoms with Crippen LogP contribution in [0.5, 0.6) is 0 Å². The van der Waals surface area contributed by atoms with E-state index in [1.165, 1.54) is 0 Å². The van der Waals surface area contributed by atoms with Crippen molar-refractivity contribution in [2.24, 2.45) is 0 Å². The van der Waals surface area contributed by atoms with Gasteiger partial charge in [-0.2, -0.15) is 0 Å². The summed E-state index contributed by atoms with van der Waals surface area (Å²) in [4.78, 5) is 14.0. The highest BCUT2D eigenvalue weighted by Crippen LogP contribution is 2.10. The molecule has 1 aliphatic rings. The number of likely N-dealkylation sites (tertiary alicyclic amines) is 1. The molecule has 0 spiro atoms. The SMILES string of the molecule is CN(C)[C@H]1CCN([C]=O)C1. The monoisotopic (exact) mass is 141 g/mol. The molecule has 1 saturated heterocycles. The fourth-order valence-electron chi connectivity index (χ4n) is 1.25. The van der Waals surface area contributed by atoms with E-state index in [0.717, 1.165) is 19.5 Å². The standard InChI is InChI=1S/C7H13N2O/c1-8(2)7-3-4-9(5-7)6-10/h7H,3-5H2,1-2H3/t7-/m0/s1. The predicted octanol–water partition coefficient (Wildman–Crippen LogP) is -0.310. The maximum absolute atomic E-state index is 10.2. The lowest BCUT2D eigenvalue weighted by molar-refractivity contribution is 0.298. The average Bonchev–Trinajstić information content (AvgIpc) is 2.34. The highest BCUT2D eigenvalue weighted by atomic mass is 16.1. The van der Waals surface area contributed by atoms with Crippen LogP contribution in [0.15, 0.2) is 0 Å². The number of carbonyl (C=O) groups excluding carboxylic acids is 1. The van der Waals surface area contributed by atoms with Crippen molar-refractivity contribution in [1.29, 1.82) is 0 Å². The van der Waals surface area contributed by atoms with E-state index in [9.17, 15) is 4.79 Å². The first-order chi connectivity index (χ1) is 4.74. The van der Waals surface area contributed by atoms with Gasteiger partial charge in [-0.05, 0) is 20.5 Å². The average molecular weight is 141 g/mol. The molecule has 0 aromatic carbocycles. The van der Waals surface area contributed by atoms with Crippen molar-refractivity contribution in [2.75, 3.05) is 27.2 Å². The summed E-state index contributed by atoms with van der Waals surface area (Å²) < 4.78 is 0. The molecule has 1 radical (unpaired) electrons. The van der Waals surface area contributed by atoms with Gasteiger partial charge in [-0.3, -0.25) is 4.79 Å². The number of rotatable bonds is 2. The van der Waals surface area contributed by atoms with E-state index in [-0.39, 0.29) is 0 Å². The lowest BCUT2D eigenvalue weighted by atomic mass is 10.2. The summed E-state index contributed by atoms with van der Waals surface area (Å²) in [6, 6.07) is 0.543. The first kappa shape index (κ1) is 7.54. The Labute approximate surface area is 61.6 Å². The molecule has 1 amide bonds. The molecule has 0 aromatic heterocycles. The van der Waals surface area contributed by atoms with Gasteiger partial charge in [-0.25, -0.2) is 0 Å². The molecule has 1 heterocycles. The van der Waals surface area contributed by atoms with Gasteiger partial charge in [-0.1, -0.05) is 0 Å². The van der Waals surface area contributed by atoms with Gasteiger partial charge < -0.3 is 9.80 Å². The summed E-state index contributed by atoms with van der Waals surface area (Å²) in [6.45, 7) is 1.71. The largest absolute Gasteiger partial charge is 0.333 e. The van der Waals surface area contributed by atoms with Crippen LogP contribution in [0, 0.1) is 0 Å². The van der Waals surface area contributed by atoms with Crippen LogP contribution < -0.4 is 0 Å². The Morgan fingerprint density at radius 3 is 2.60 bits per heavy atom. The molecule has 1 aliphatic heterocycles. The summed E-state index contributed by atoms with van der Waals surface area (Å²) in [7, 11) is 4.08. The van der Waals surface area contributed by atoms with E-state index in [0.29, 0.717) is 6.04 Å². The van der Waals surface area contributed by atoms with Crippen molar-refractivity contribution in [3.05, 3.63) is 0 Å². The van der Waals surface area contributed by atoms with Gasteiger partial charge in [0.15, 0.2) is 0 Å². The molecule has 0 unspecified atom stereocenters. The van der Waals surface area contributed by atoms with Crippen LogP contribution in [0.25, 0.3) is 0 Å². The Morgan fingerprint density at radius 2 is 2.30 bits per heavy atom. The quantitative estimate of drug-likeness (QED) is 0.526. The summed E-state index contributed by atoms with van der Waals surface area (Å²) in [6.07, 6.45) is 2.99. The van der Waals surface area contributed by atoms with Crippen LogP contribution in [0.4, 0.5) is 0 Å². The fourth-order valence-corrected chi connectivity index (χ4v) is 1.25. The van der Waals surface area contributed by atoms with Gasteiger partial charge in [0.2, 0.25) is 0 Å². The number of hydrogen-bond acceptors (Lipinski definition) is 2. The molecule has 1 fully saturated rings. The Bertz CT molecular complexity index is 125. The molecular formula is C7H13N2O. The maximum Gasteiger partial charge on any atom is 0.312 e. The Balaban J connectivity index is 2.35. The minimum Gasteiger partial charge on any atom is -0.333 e. The minimum absolute atomic E-state index is 0.543. The van der Waals surface area contributed by atoms with E-state index in [4.69, 9.17) is 0 Å². The van der Waals surface area contributed by atoms with Gasteiger partial charge >= 0.3 is 6.41 Å². The summed E-state index contributed by atoms with van der Waals surface area (Å²) in [5, 5.41) is 0. The van der Waals surface area contributed by atoms with Crippen molar-refractivity contribution in [2.45, 2.75) is 12.5 Å². The molecule has 0 aromatic rings. The van der Waals surface area contributed by atoms with Crippen LogP contribution in [0.1, 0.15) is 6.42 Å². The molecular weight excluding hydrogens is 128 g/mol. The van der Waals surface area contributed by atoms with E-state index in [1.807, 2.05) is 20.5 Å². The van der Waals surface area contributed by atoms with Crippen molar-refractivity contribution in [1.82, 2.24) is 9.80 Å². The van der Waals surface area contributed by atoms with Gasteiger partial charge in [0.05, 0.1) is 0 Å². The zero-order chi connectivity index (χ0) is 7.56. The topological polar surface area (TPSA) is 23.6 Å². The summed E-state index contributed by atoms with van der Waals surface area (Å²) in [5.74, 6) is 0. The zero-order valence-corrected chi connectivity index (χ0v) is 6.50. The summed E-state index contributed by atoms with van der Waals surface area (Å²) >= 11 is 0. The normalized spacial score (nSPS) is 25.9. The third kappa shape index (κ3) is 1.48. The summed E-state index contributed by atoms with van der Waals surface area (Å²) in [5.41, 5.74) is 0. The van der Waals surface area contributed by atoms with Crippen LogP contribution in [0.3, 0.4) is 0 Å². The van der Waals surface area contributed by atoms with Gasteiger partial charge in [0.1, 0.15) is 0 Å². The number of amides is 1. The third-order valence-electron chi connectivity index (χ3n) is 2.02. The van der Waals surface area contributed by atoms with E-state index in [1.54, 1.807) is 4.90 Å². The Morgan fingerprint density at radius 1 is 1.60 bits per heavy atom. The zero-order valence-electron chi connectivity index (χ0n) is 6.50. The maximum atomic E-state index is 10.2. The number of likely N-dealkylation sites (N-methyl/N-ethyl adjacent to an activating group) is 1. The van der Waals surface area contributed by atoms with Crippen LogP contribution in [0.2, 0.25) is 0 Å². The van der Waals surface area contributed by atoms with Crippen molar-refractivity contribution in [3.63, 3.8) is 0 Å². The number of nitrogens with zero attached hydrogens (tertiary/aromatic N) is 2. The van der Waals surface area contributed by atoms with Gasteiger partial charge in [-0.15, -0.1) is 0 Å². The second kappa shape index (κ2) is 3.01. The van der Waals surface area contributed by atoms with Crippen LogP contribution >= 0.6 is 0 Å². The molecule has 0 aliphatic carbocycles. The molecule has 1 atom stereocenters. The van der Waals surface area contributed by atoms with Crippen molar-refractivity contribution < 1.29 is 4.79 Å². The first-order valence-electron chi connectivity index (χ1n) is 3.53. The van der Waals surface area contributed by atoms with E-state index < -0.39 is 0 Å².